The minimum Gasteiger partial charge on any atom is -0.456 e. The number of hydrogen-bond acceptors (Lipinski definition) is 2. The molecular formula is C9H17AlClO2. The van der Waals surface area contributed by atoms with Crippen LogP contribution in [-0.4, -0.2) is 27.8 Å². The van der Waals surface area contributed by atoms with Crippen LogP contribution in [0.2, 0.25) is 10.6 Å². The van der Waals surface area contributed by atoms with Crippen molar-refractivity contribution in [1.82, 2.24) is 0 Å². The van der Waals surface area contributed by atoms with E-state index in [1.165, 1.54) is 10.6 Å². The van der Waals surface area contributed by atoms with E-state index in [-0.39, 0.29) is 12.4 Å². The number of terminal acetylenes is 1. The molecule has 4 heteroatoms. The third kappa shape index (κ3) is 24.5. The first kappa shape index (κ1) is 18.6. The van der Waals surface area contributed by atoms with Crippen molar-refractivity contribution >= 4 is 33.6 Å². The Kier molecular flexibility index (Phi) is 25.5. The average molecular weight is 220 g/mol. The van der Waals surface area contributed by atoms with Gasteiger partial charge in [-0.3, -0.25) is 0 Å². The van der Waals surface area contributed by atoms with Gasteiger partial charge in [0, 0.05) is 5.92 Å². The molecule has 0 saturated heterocycles. The second kappa shape index (κ2) is 17.8. The number of halogens is 1. The van der Waals surface area contributed by atoms with Gasteiger partial charge in [0.15, 0.2) is 15.2 Å². The maximum Gasteiger partial charge on any atom is 0.384 e. The molecule has 1 radical (unpaired) electrons. The minimum atomic E-state index is -0.595. The van der Waals surface area contributed by atoms with E-state index >= 15 is 0 Å². The van der Waals surface area contributed by atoms with E-state index in [1.54, 1.807) is 12.8 Å². The SMILES string of the molecule is C#CC(=O)OCC.C[CH2][Al][CH2]C.Cl. The van der Waals surface area contributed by atoms with Crippen molar-refractivity contribution < 1.29 is 9.53 Å². The first-order valence-electron chi connectivity index (χ1n) is 4.17. The van der Waals surface area contributed by atoms with Crippen molar-refractivity contribution in [2.24, 2.45) is 0 Å². The molecule has 0 rings (SSSR count). The second-order valence-electron chi connectivity index (χ2n) is 1.97. The molecule has 0 aromatic carbocycles. The molecule has 0 heterocycles. The summed E-state index contributed by atoms with van der Waals surface area (Å²) in [6.07, 6.45) is 4.63. The van der Waals surface area contributed by atoms with Crippen LogP contribution in [0.1, 0.15) is 20.8 Å². The van der Waals surface area contributed by atoms with Gasteiger partial charge in [0.25, 0.3) is 0 Å². The zero-order valence-corrected chi connectivity index (χ0v) is 10.5. The Balaban J connectivity index is -0.000000150. The lowest BCUT2D eigenvalue weighted by molar-refractivity contribution is -0.136. The van der Waals surface area contributed by atoms with Crippen molar-refractivity contribution in [2.45, 2.75) is 31.3 Å². The summed E-state index contributed by atoms with van der Waals surface area (Å²) < 4.78 is 4.32. The van der Waals surface area contributed by atoms with Gasteiger partial charge in [-0.2, -0.15) is 0 Å². The summed E-state index contributed by atoms with van der Waals surface area (Å²) in [6.45, 7) is 6.55. The highest BCUT2D eigenvalue weighted by atomic mass is 35.5. The highest BCUT2D eigenvalue weighted by Gasteiger charge is 1.87. The van der Waals surface area contributed by atoms with Crippen molar-refractivity contribution in [3.8, 4) is 12.3 Å². The molecular weight excluding hydrogens is 203 g/mol. The molecule has 0 aromatic heterocycles. The Morgan fingerprint density at radius 1 is 1.38 bits per heavy atom. The van der Waals surface area contributed by atoms with E-state index in [9.17, 15) is 4.79 Å². The Morgan fingerprint density at radius 2 is 1.85 bits per heavy atom. The standard InChI is InChI=1S/C5H6O2.2C2H5.Al.ClH/c1-3-5(6)7-4-2;2*1-2;;/h1H,4H2,2H3;2*1H2,2H3;;1H. The van der Waals surface area contributed by atoms with Gasteiger partial charge in [0.2, 0.25) is 0 Å². The van der Waals surface area contributed by atoms with Crippen molar-refractivity contribution in [3.63, 3.8) is 0 Å². The summed E-state index contributed by atoms with van der Waals surface area (Å²) in [7, 11) is 0. The first-order chi connectivity index (χ1) is 5.72. The molecule has 0 aromatic rings. The summed E-state index contributed by atoms with van der Waals surface area (Å²) in [5.41, 5.74) is 0. The van der Waals surface area contributed by atoms with Gasteiger partial charge in [-0.15, -0.1) is 29.4 Å². The van der Waals surface area contributed by atoms with Crippen LogP contribution in [0.5, 0.6) is 0 Å². The molecule has 0 aliphatic carbocycles. The molecule has 13 heavy (non-hydrogen) atoms. The third-order valence-electron chi connectivity index (χ3n) is 0.971. The summed E-state index contributed by atoms with van der Waals surface area (Å²) in [5.74, 6) is 1.21. The van der Waals surface area contributed by atoms with E-state index in [0.717, 1.165) is 15.2 Å². The molecule has 0 fully saturated rings. The summed E-state index contributed by atoms with van der Waals surface area (Å²) >= 11 is 0.815. The first-order valence-corrected chi connectivity index (χ1v) is 5.81. The molecule has 0 amide bonds. The lowest BCUT2D eigenvalue weighted by Gasteiger charge is -1.88. The monoisotopic (exact) mass is 219 g/mol. The maximum atomic E-state index is 9.95. The van der Waals surface area contributed by atoms with Crippen molar-refractivity contribution in [3.05, 3.63) is 0 Å². The van der Waals surface area contributed by atoms with Gasteiger partial charge in [0.1, 0.15) is 0 Å². The molecule has 0 atom stereocenters. The summed E-state index contributed by atoms with van der Waals surface area (Å²) in [6, 6.07) is 0. The smallest absolute Gasteiger partial charge is 0.384 e. The molecule has 0 aliphatic heterocycles. The normalized spacial score (nSPS) is 6.62. The van der Waals surface area contributed by atoms with Gasteiger partial charge < -0.3 is 4.74 Å². The Hall–Kier alpha value is -0.148. The Morgan fingerprint density at radius 3 is 1.92 bits per heavy atom. The fourth-order valence-electron chi connectivity index (χ4n) is 0.461. The van der Waals surface area contributed by atoms with Crippen LogP contribution >= 0.6 is 12.4 Å². The highest BCUT2D eigenvalue weighted by Crippen LogP contribution is 1.77. The van der Waals surface area contributed by atoms with Gasteiger partial charge in [0.05, 0.1) is 6.61 Å². The predicted molar refractivity (Wildman–Crippen MR) is 59.4 cm³/mol. The molecule has 0 unspecified atom stereocenters. The zero-order chi connectivity index (χ0) is 9.82. The summed E-state index contributed by atoms with van der Waals surface area (Å²) in [5, 5.41) is 2.85. The number of carbonyl (C=O) groups excluding carboxylic acids is 1. The van der Waals surface area contributed by atoms with Gasteiger partial charge >= 0.3 is 5.97 Å². The summed E-state index contributed by atoms with van der Waals surface area (Å²) in [4.78, 5) is 9.95. The van der Waals surface area contributed by atoms with Crippen molar-refractivity contribution in [1.29, 1.82) is 0 Å². The zero-order valence-electron chi connectivity index (χ0n) is 8.50. The van der Waals surface area contributed by atoms with Crippen LogP contribution in [0.4, 0.5) is 0 Å². The quantitative estimate of drug-likeness (QED) is 0.315. The van der Waals surface area contributed by atoms with E-state index in [2.05, 4.69) is 25.0 Å². The van der Waals surface area contributed by atoms with Crippen LogP contribution in [0, 0.1) is 12.3 Å². The Labute approximate surface area is 93.5 Å². The van der Waals surface area contributed by atoms with E-state index in [1.807, 2.05) is 0 Å². The molecule has 0 saturated carbocycles. The lowest BCUT2D eigenvalue weighted by atomic mass is 10.7. The average Bonchev–Trinajstić information content (AvgIpc) is 2.07. The number of rotatable bonds is 3. The number of hydrogen-bond donors (Lipinski definition) is 0. The van der Waals surface area contributed by atoms with E-state index in [4.69, 9.17) is 0 Å². The Bertz CT molecular complexity index is 141. The van der Waals surface area contributed by atoms with Crippen LogP contribution in [0.3, 0.4) is 0 Å². The number of esters is 1. The minimum absolute atomic E-state index is 0. The lowest BCUT2D eigenvalue weighted by Crippen LogP contribution is -1.98. The molecule has 0 N–H and O–H groups in total. The van der Waals surface area contributed by atoms with Crippen LogP contribution in [-0.2, 0) is 9.53 Å². The van der Waals surface area contributed by atoms with Crippen LogP contribution in [0.15, 0.2) is 0 Å². The van der Waals surface area contributed by atoms with Crippen LogP contribution in [0.25, 0.3) is 0 Å². The van der Waals surface area contributed by atoms with Crippen molar-refractivity contribution in [2.75, 3.05) is 6.61 Å². The molecule has 0 bridgehead atoms. The highest BCUT2D eigenvalue weighted by molar-refractivity contribution is 6.34. The second-order valence-corrected chi connectivity index (χ2v) is 4.18. The fourth-order valence-corrected chi connectivity index (χ4v) is 1.04. The van der Waals surface area contributed by atoms with E-state index in [0.29, 0.717) is 6.61 Å². The topological polar surface area (TPSA) is 26.3 Å². The largest absolute Gasteiger partial charge is 0.456 e. The van der Waals surface area contributed by atoms with Gasteiger partial charge in [-0.1, -0.05) is 13.8 Å². The predicted octanol–water partition coefficient (Wildman–Crippen LogP) is 2.17. The van der Waals surface area contributed by atoms with E-state index < -0.39 is 5.97 Å². The molecule has 0 aliphatic rings. The number of carbonyl (C=O) groups is 1. The van der Waals surface area contributed by atoms with Crippen LogP contribution < -0.4 is 0 Å². The fraction of sp³-hybridized carbons (Fsp3) is 0.667. The number of ether oxygens (including phenoxy) is 1. The maximum absolute atomic E-state index is 9.95. The van der Waals surface area contributed by atoms with Gasteiger partial charge in [-0.05, 0) is 6.92 Å². The molecule has 0 spiro atoms. The molecule has 75 valence electrons. The van der Waals surface area contributed by atoms with Gasteiger partial charge in [-0.25, -0.2) is 4.79 Å². The molecule has 2 nitrogen and oxygen atoms in total. The third-order valence-corrected chi connectivity index (χ3v) is 2.13.